The largest absolute Gasteiger partial charge is 0.504 e. The first kappa shape index (κ1) is 20.7. The number of methoxy groups -OCH3 is 2. The summed E-state index contributed by atoms with van der Waals surface area (Å²) in [5.74, 6) is -0.634. The van der Waals surface area contributed by atoms with E-state index in [0.29, 0.717) is 28.3 Å². The predicted molar refractivity (Wildman–Crippen MR) is 106 cm³/mol. The molecule has 7 heteroatoms. The van der Waals surface area contributed by atoms with Gasteiger partial charge in [0.25, 0.3) is 5.91 Å². The Morgan fingerprint density at radius 3 is 2.14 bits per heavy atom. The summed E-state index contributed by atoms with van der Waals surface area (Å²) >= 11 is 0. The van der Waals surface area contributed by atoms with Crippen molar-refractivity contribution in [2.24, 2.45) is 0 Å². The topological polar surface area (TPSA) is 93.7 Å². The zero-order chi connectivity index (χ0) is 20.5. The SMILES string of the molecule is COC=C(C)C(=O)Nc1ccc(NC(=O)CC(=O)c2ccccc2OC)cc1. The van der Waals surface area contributed by atoms with E-state index in [1.54, 1.807) is 55.5 Å². The van der Waals surface area contributed by atoms with E-state index in [4.69, 9.17) is 9.47 Å². The van der Waals surface area contributed by atoms with E-state index in [1.807, 2.05) is 0 Å². The smallest absolute Gasteiger partial charge is 0.254 e. The number of benzene rings is 2. The molecular formula is C21H22N2O5. The molecule has 0 saturated heterocycles. The van der Waals surface area contributed by atoms with Crippen molar-refractivity contribution in [1.82, 2.24) is 0 Å². The maximum absolute atomic E-state index is 12.3. The molecule has 0 fully saturated rings. The van der Waals surface area contributed by atoms with Crippen LogP contribution < -0.4 is 15.4 Å². The number of anilines is 2. The minimum Gasteiger partial charge on any atom is -0.504 e. The molecule has 2 aromatic carbocycles. The predicted octanol–water partition coefficient (Wildman–Crippen LogP) is 3.40. The van der Waals surface area contributed by atoms with Crippen LogP contribution in [-0.2, 0) is 14.3 Å². The highest BCUT2D eigenvalue weighted by Crippen LogP contribution is 2.20. The lowest BCUT2D eigenvalue weighted by atomic mass is 10.1. The quantitative estimate of drug-likeness (QED) is 0.316. The van der Waals surface area contributed by atoms with Crippen molar-refractivity contribution in [2.75, 3.05) is 24.9 Å². The number of hydrogen-bond donors (Lipinski definition) is 2. The molecule has 0 unspecified atom stereocenters. The van der Waals surface area contributed by atoms with Gasteiger partial charge in [-0.15, -0.1) is 0 Å². The van der Waals surface area contributed by atoms with Crippen molar-refractivity contribution in [3.8, 4) is 5.75 Å². The minimum absolute atomic E-state index is 0.291. The highest BCUT2D eigenvalue weighted by atomic mass is 16.5. The summed E-state index contributed by atoms with van der Waals surface area (Å²) in [6, 6.07) is 13.3. The van der Waals surface area contributed by atoms with Gasteiger partial charge in [0, 0.05) is 16.9 Å². The molecule has 7 nitrogen and oxygen atoms in total. The van der Waals surface area contributed by atoms with Gasteiger partial charge in [-0.25, -0.2) is 0 Å². The third-order valence-electron chi connectivity index (χ3n) is 3.81. The van der Waals surface area contributed by atoms with Crippen LogP contribution in [0.3, 0.4) is 0 Å². The number of Topliss-reactive ketones (excluding diaryl/α,β-unsaturated/α-hetero) is 1. The molecule has 0 radical (unpaired) electrons. The Bertz CT molecular complexity index is 888. The zero-order valence-corrected chi connectivity index (χ0v) is 15.9. The highest BCUT2D eigenvalue weighted by Gasteiger charge is 2.16. The lowest BCUT2D eigenvalue weighted by Crippen LogP contribution is -2.17. The summed E-state index contributed by atoms with van der Waals surface area (Å²) in [6.45, 7) is 1.63. The number of rotatable bonds is 8. The highest BCUT2D eigenvalue weighted by molar-refractivity contribution is 6.12. The summed E-state index contributed by atoms with van der Waals surface area (Å²) in [5.41, 5.74) is 1.87. The molecule has 0 aliphatic rings. The van der Waals surface area contributed by atoms with E-state index < -0.39 is 5.91 Å². The van der Waals surface area contributed by atoms with Crippen LogP contribution in [0, 0.1) is 0 Å². The monoisotopic (exact) mass is 382 g/mol. The average Bonchev–Trinajstić information content (AvgIpc) is 2.69. The molecule has 0 aliphatic heterocycles. The summed E-state index contributed by atoms with van der Waals surface area (Å²) in [5, 5.41) is 5.36. The Hall–Kier alpha value is -3.61. The number of nitrogens with one attached hydrogen (secondary N) is 2. The van der Waals surface area contributed by atoms with Gasteiger partial charge in [-0.2, -0.15) is 0 Å². The fraction of sp³-hybridized carbons (Fsp3) is 0.190. The normalized spacial score (nSPS) is 10.8. The Kier molecular flexibility index (Phi) is 7.33. The van der Waals surface area contributed by atoms with E-state index in [2.05, 4.69) is 10.6 Å². The van der Waals surface area contributed by atoms with Crippen LogP contribution in [0.1, 0.15) is 23.7 Å². The molecule has 0 bridgehead atoms. The van der Waals surface area contributed by atoms with Crippen molar-refractivity contribution in [3.05, 3.63) is 65.9 Å². The van der Waals surface area contributed by atoms with Crippen LogP contribution in [0.5, 0.6) is 5.75 Å². The summed E-state index contributed by atoms with van der Waals surface area (Å²) in [6.07, 6.45) is 1.04. The third-order valence-corrected chi connectivity index (χ3v) is 3.81. The van der Waals surface area contributed by atoms with Crippen LogP contribution in [0.15, 0.2) is 60.4 Å². The molecule has 0 heterocycles. The average molecular weight is 382 g/mol. The zero-order valence-electron chi connectivity index (χ0n) is 15.9. The first-order chi connectivity index (χ1) is 13.4. The molecule has 0 spiro atoms. The molecular weight excluding hydrogens is 360 g/mol. The molecule has 0 atom stereocenters. The number of carbonyl (C=O) groups is 3. The maximum atomic E-state index is 12.3. The van der Waals surface area contributed by atoms with E-state index in [1.165, 1.54) is 20.5 Å². The van der Waals surface area contributed by atoms with Gasteiger partial charge in [0.2, 0.25) is 5.91 Å². The third kappa shape index (κ3) is 5.70. The second kappa shape index (κ2) is 9.91. The fourth-order valence-electron chi connectivity index (χ4n) is 2.42. The first-order valence-electron chi connectivity index (χ1n) is 8.51. The van der Waals surface area contributed by atoms with Crippen LogP contribution in [-0.4, -0.2) is 31.8 Å². The van der Waals surface area contributed by atoms with Gasteiger partial charge >= 0.3 is 0 Å². The van der Waals surface area contributed by atoms with Crippen molar-refractivity contribution >= 4 is 29.0 Å². The molecule has 2 aromatic rings. The molecule has 0 saturated carbocycles. The molecule has 2 rings (SSSR count). The van der Waals surface area contributed by atoms with E-state index in [0.717, 1.165) is 0 Å². The molecule has 0 aliphatic carbocycles. The molecule has 2 N–H and O–H groups in total. The summed E-state index contributed by atoms with van der Waals surface area (Å²) in [4.78, 5) is 36.4. The standard InChI is InChI=1S/C21H22N2O5/c1-14(13-27-2)21(26)23-16-10-8-15(9-11-16)22-20(25)12-18(24)17-6-4-5-7-19(17)28-3/h4-11,13H,12H2,1-3H3,(H,22,25)(H,23,26). The molecule has 0 aromatic heterocycles. The Morgan fingerprint density at radius 1 is 0.929 bits per heavy atom. The first-order valence-corrected chi connectivity index (χ1v) is 8.51. The van der Waals surface area contributed by atoms with Crippen molar-refractivity contribution < 1.29 is 23.9 Å². The molecule has 2 amide bonds. The van der Waals surface area contributed by atoms with E-state index >= 15 is 0 Å². The number of para-hydroxylation sites is 1. The van der Waals surface area contributed by atoms with Gasteiger partial charge < -0.3 is 20.1 Å². The van der Waals surface area contributed by atoms with Crippen molar-refractivity contribution in [2.45, 2.75) is 13.3 Å². The van der Waals surface area contributed by atoms with Gasteiger partial charge in [-0.05, 0) is 43.3 Å². The van der Waals surface area contributed by atoms with Gasteiger partial charge in [-0.1, -0.05) is 12.1 Å². The Morgan fingerprint density at radius 2 is 1.54 bits per heavy atom. The second-order valence-corrected chi connectivity index (χ2v) is 5.92. The van der Waals surface area contributed by atoms with Gasteiger partial charge in [0.05, 0.1) is 32.5 Å². The summed E-state index contributed by atoms with van der Waals surface area (Å²) < 4.78 is 9.94. The Labute approximate surface area is 163 Å². The van der Waals surface area contributed by atoms with Crippen LogP contribution in [0.25, 0.3) is 0 Å². The number of ketones is 1. The fourth-order valence-corrected chi connectivity index (χ4v) is 2.42. The lowest BCUT2D eigenvalue weighted by molar-refractivity contribution is -0.115. The van der Waals surface area contributed by atoms with Crippen LogP contribution >= 0.6 is 0 Å². The molecule has 28 heavy (non-hydrogen) atoms. The van der Waals surface area contributed by atoms with Crippen molar-refractivity contribution in [1.29, 1.82) is 0 Å². The van der Waals surface area contributed by atoms with Gasteiger partial charge in [0.15, 0.2) is 5.78 Å². The van der Waals surface area contributed by atoms with Gasteiger partial charge in [-0.3, -0.25) is 14.4 Å². The Balaban J connectivity index is 1.94. The second-order valence-electron chi connectivity index (χ2n) is 5.92. The minimum atomic E-state index is -0.438. The maximum Gasteiger partial charge on any atom is 0.254 e. The van der Waals surface area contributed by atoms with Gasteiger partial charge in [0.1, 0.15) is 5.75 Å². The van der Waals surface area contributed by atoms with E-state index in [-0.39, 0.29) is 18.1 Å². The molecule has 146 valence electrons. The van der Waals surface area contributed by atoms with Crippen molar-refractivity contribution in [3.63, 3.8) is 0 Å². The lowest BCUT2D eigenvalue weighted by Gasteiger charge is -2.09. The number of ether oxygens (including phenoxy) is 2. The number of hydrogen-bond acceptors (Lipinski definition) is 5. The van der Waals surface area contributed by atoms with Crippen LogP contribution in [0.4, 0.5) is 11.4 Å². The number of carbonyl (C=O) groups excluding carboxylic acids is 3. The van der Waals surface area contributed by atoms with E-state index in [9.17, 15) is 14.4 Å². The van der Waals surface area contributed by atoms with Crippen LogP contribution in [0.2, 0.25) is 0 Å². The summed E-state index contributed by atoms with van der Waals surface area (Å²) in [7, 11) is 2.94. The number of amides is 2.